The monoisotopic (exact) mass is 424 g/mol. The van der Waals surface area contributed by atoms with Gasteiger partial charge in [-0.3, -0.25) is 4.79 Å². The normalized spacial score (nSPS) is 12.2. The smallest absolute Gasteiger partial charge is 0.310 e. The van der Waals surface area contributed by atoms with Crippen molar-refractivity contribution < 1.29 is 33.4 Å². The molecule has 31 heavy (non-hydrogen) atoms. The molecule has 0 radical (unpaired) electrons. The maximum absolute atomic E-state index is 12.4. The van der Waals surface area contributed by atoms with E-state index < -0.39 is 0 Å². The number of fused-ring (bicyclic) bond motifs is 4. The number of rotatable bonds is 6. The molecule has 0 spiro atoms. The van der Waals surface area contributed by atoms with Crippen molar-refractivity contribution in [3.8, 4) is 28.5 Å². The van der Waals surface area contributed by atoms with Gasteiger partial charge in [0.2, 0.25) is 5.69 Å². The van der Waals surface area contributed by atoms with Crippen LogP contribution in [0, 0.1) is 0 Å². The number of pyridine rings is 1. The zero-order valence-corrected chi connectivity index (χ0v) is 18.2. The number of aliphatic hydroxyl groups is 1. The fraction of sp³-hybridized carbons (Fsp3) is 0.333. The highest BCUT2D eigenvalue weighted by atomic mass is 16.5. The third-order valence-corrected chi connectivity index (χ3v) is 5.87. The Morgan fingerprint density at radius 3 is 2.42 bits per heavy atom. The predicted octanol–water partition coefficient (Wildman–Crippen LogP) is 2.58. The third-order valence-electron chi connectivity index (χ3n) is 5.87. The van der Waals surface area contributed by atoms with Gasteiger partial charge in [0, 0.05) is 22.9 Å². The minimum atomic E-state index is -0.326. The third kappa shape index (κ3) is 3.45. The van der Waals surface area contributed by atoms with Crippen molar-refractivity contribution in [2.75, 3.05) is 28.4 Å². The van der Waals surface area contributed by atoms with Gasteiger partial charge in [0.05, 0.1) is 52.4 Å². The Kier molecular flexibility index (Phi) is 5.69. The second-order valence-electron chi connectivity index (χ2n) is 7.39. The summed E-state index contributed by atoms with van der Waals surface area (Å²) in [5.41, 5.74) is 4.61. The summed E-state index contributed by atoms with van der Waals surface area (Å²) in [6.07, 6.45) is 2.94. The summed E-state index contributed by atoms with van der Waals surface area (Å²) in [7, 11) is 6.21. The number of esters is 1. The van der Waals surface area contributed by atoms with E-state index in [-0.39, 0.29) is 19.0 Å². The van der Waals surface area contributed by atoms with Crippen LogP contribution in [0.3, 0.4) is 0 Å². The number of aryl methyl sites for hydroxylation is 2. The second kappa shape index (κ2) is 8.43. The van der Waals surface area contributed by atoms with E-state index in [1.165, 1.54) is 7.11 Å². The number of ether oxygens (including phenoxy) is 4. The molecule has 1 aliphatic rings. The first-order chi connectivity index (χ1) is 15.1. The number of hydrogen-bond acceptors (Lipinski definition) is 6. The Labute approximate surface area is 180 Å². The molecule has 0 amide bonds. The molecule has 0 bridgehead atoms. The van der Waals surface area contributed by atoms with Gasteiger partial charge in [-0.25, -0.2) is 0 Å². The molecule has 162 valence electrons. The van der Waals surface area contributed by atoms with E-state index in [4.69, 9.17) is 18.9 Å². The minimum Gasteiger partial charge on any atom is -0.495 e. The highest BCUT2D eigenvalue weighted by Crippen LogP contribution is 2.41. The molecular weight excluding hydrogens is 398 g/mol. The number of carbonyl (C=O) groups excluding carboxylic acids is 1. The minimum absolute atomic E-state index is 0.110. The fourth-order valence-corrected chi connectivity index (χ4v) is 4.40. The van der Waals surface area contributed by atoms with Crippen molar-refractivity contribution in [1.82, 2.24) is 0 Å². The molecule has 1 aromatic heterocycles. The molecule has 0 fully saturated rings. The molecular formula is C24H26NO6+. The summed E-state index contributed by atoms with van der Waals surface area (Å²) >= 11 is 0. The molecule has 2 aromatic carbocycles. The zero-order chi connectivity index (χ0) is 22.1. The SMILES string of the molecule is COC(=O)Cc1c2[n+](cc3c(OC)c(CO)ccc13)CCc1cc(OC)c(OC)cc1-2. The van der Waals surface area contributed by atoms with E-state index in [0.29, 0.717) is 22.8 Å². The number of carbonyl (C=O) groups is 1. The maximum Gasteiger partial charge on any atom is 0.310 e. The van der Waals surface area contributed by atoms with Crippen molar-refractivity contribution in [3.05, 3.63) is 47.2 Å². The van der Waals surface area contributed by atoms with Crippen LogP contribution < -0.4 is 18.8 Å². The first kappa shape index (κ1) is 20.9. The van der Waals surface area contributed by atoms with Crippen molar-refractivity contribution in [3.63, 3.8) is 0 Å². The molecule has 0 saturated heterocycles. The largest absolute Gasteiger partial charge is 0.495 e. The summed E-state index contributed by atoms with van der Waals surface area (Å²) in [6, 6.07) is 7.72. The average molecular weight is 424 g/mol. The van der Waals surface area contributed by atoms with Gasteiger partial charge in [-0.05, 0) is 17.7 Å². The van der Waals surface area contributed by atoms with Gasteiger partial charge >= 0.3 is 5.97 Å². The topological polar surface area (TPSA) is 78.1 Å². The quantitative estimate of drug-likeness (QED) is 0.484. The molecule has 7 heteroatoms. The van der Waals surface area contributed by atoms with Gasteiger partial charge in [-0.15, -0.1) is 0 Å². The van der Waals surface area contributed by atoms with E-state index in [1.807, 2.05) is 30.5 Å². The molecule has 2 heterocycles. The summed E-state index contributed by atoms with van der Waals surface area (Å²) in [5.74, 6) is 1.60. The summed E-state index contributed by atoms with van der Waals surface area (Å²) in [6.45, 7) is 0.599. The Morgan fingerprint density at radius 1 is 1.03 bits per heavy atom. The first-order valence-electron chi connectivity index (χ1n) is 10.0. The van der Waals surface area contributed by atoms with Crippen LogP contribution in [0.15, 0.2) is 30.5 Å². The summed E-state index contributed by atoms with van der Waals surface area (Å²) < 4.78 is 23.8. The lowest BCUT2D eigenvalue weighted by atomic mass is 9.89. The van der Waals surface area contributed by atoms with E-state index in [1.54, 1.807) is 21.3 Å². The lowest BCUT2D eigenvalue weighted by molar-refractivity contribution is -0.686. The Bertz CT molecular complexity index is 1170. The average Bonchev–Trinajstić information content (AvgIpc) is 2.81. The molecule has 0 aliphatic carbocycles. The van der Waals surface area contributed by atoms with Gasteiger partial charge in [0.1, 0.15) is 5.75 Å². The van der Waals surface area contributed by atoms with Crippen molar-refractivity contribution in [2.45, 2.75) is 26.0 Å². The zero-order valence-electron chi connectivity index (χ0n) is 18.2. The lowest BCUT2D eigenvalue weighted by Crippen LogP contribution is -2.41. The van der Waals surface area contributed by atoms with Crippen LogP contribution >= 0.6 is 0 Å². The number of nitrogens with zero attached hydrogens (tertiary/aromatic N) is 1. The van der Waals surface area contributed by atoms with Gasteiger partial charge in [0.15, 0.2) is 24.2 Å². The predicted molar refractivity (Wildman–Crippen MR) is 115 cm³/mol. The maximum atomic E-state index is 12.4. The van der Waals surface area contributed by atoms with Crippen molar-refractivity contribution in [1.29, 1.82) is 0 Å². The Balaban J connectivity index is 2.08. The summed E-state index contributed by atoms with van der Waals surface area (Å²) in [5, 5.41) is 11.5. The number of aliphatic hydroxyl groups excluding tert-OH is 1. The van der Waals surface area contributed by atoms with E-state index in [9.17, 15) is 9.90 Å². The van der Waals surface area contributed by atoms with Crippen LogP contribution in [0.1, 0.15) is 16.7 Å². The molecule has 4 rings (SSSR count). The number of benzene rings is 2. The molecule has 0 unspecified atom stereocenters. The second-order valence-corrected chi connectivity index (χ2v) is 7.39. The van der Waals surface area contributed by atoms with Crippen LogP contribution in [0.5, 0.6) is 17.2 Å². The van der Waals surface area contributed by atoms with Crippen LogP contribution in [-0.4, -0.2) is 39.5 Å². The standard InChI is InChI=1S/C24H26NO6/c1-28-20-9-14-7-8-25-12-19-16(6-5-15(13-26)24(19)31-4)18(11-22(27)30-3)23(25)17(14)10-21(20)29-2/h5-6,9-10,12,26H,7-8,11,13H2,1-4H3/q+1. The number of aromatic nitrogens is 1. The lowest BCUT2D eigenvalue weighted by Gasteiger charge is -2.21. The van der Waals surface area contributed by atoms with Crippen LogP contribution in [0.2, 0.25) is 0 Å². The van der Waals surface area contributed by atoms with Gasteiger partial charge in [-0.2, -0.15) is 4.57 Å². The molecule has 0 atom stereocenters. The van der Waals surface area contributed by atoms with Gasteiger partial charge in [0.25, 0.3) is 0 Å². The Hall–Kier alpha value is -3.32. The summed E-state index contributed by atoms with van der Waals surface area (Å²) in [4.78, 5) is 12.4. The molecule has 7 nitrogen and oxygen atoms in total. The van der Waals surface area contributed by atoms with Crippen LogP contribution in [0.4, 0.5) is 0 Å². The highest BCUT2D eigenvalue weighted by Gasteiger charge is 2.32. The van der Waals surface area contributed by atoms with Crippen molar-refractivity contribution in [2.24, 2.45) is 0 Å². The highest BCUT2D eigenvalue weighted by molar-refractivity contribution is 5.96. The fourth-order valence-electron chi connectivity index (χ4n) is 4.40. The molecule has 1 N–H and O–H groups in total. The molecule has 3 aromatic rings. The Morgan fingerprint density at radius 2 is 1.77 bits per heavy atom. The van der Waals surface area contributed by atoms with Crippen LogP contribution in [-0.2, 0) is 35.5 Å². The van der Waals surface area contributed by atoms with Gasteiger partial charge in [-0.1, -0.05) is 12.1 Å². The van der Waals surface area contributed by atoms with E-state index in [2.05, 4.69) is 4.57 Å². The molecule has 0 saturated carbocycles. The number of hydrogen-bond donors (Lipinski definition) is 1. The van der Waals surface area contributed by atoms with Gasteiger partial charge < -0.3 is 24.1 Å². The number of methoxy groups -OCH3 is 4. The van der Waals surface area contributed by atoms with Crippen LogP contribution in [0.25, 0.3) is 22.0 Å². The van der Waals surface area contributed by atoms with E-state index in [0.717, 1.165) is 46.1 Å². The first-order valence-corrected chi connectivity index (χ1v) is 10.0. The van der Waals surface area contributed by atoms with Crippen molar-refractivity contribution >= 4 is 16.7 Å². The van der Waals surface area contributed by atoms with E-state index >= 15 is 0 Å². The molecule has 1 aliphatic heterocycles.